The van der Waals surface area contributed by atoms with Crippen molar-refractivity contribution in [2.45, 2.75) is 25.8 Å². The lowest BCUT2D eigenvalue weighted by Gasteiger charge is -2.27. The van der Waals surface area contributed by atoms with E-state index in [1.807, 2.05) is 6.07 Å². The molecule has 3 rings (SSSR count). The quantitative estimate of drug-likeness (QED) is 0.923. The van der Waals surface area contributed by atoms with Gasteiger partial charge in [-0.2, -0.15) is 0 Å². The van der Waals surface area contributed by atoms with Crippen LogP contribution in [0.15, 0.2) is 48.5 Å². The monoisotopic (exact) mass is 341 g/mol. The third-order valence-corrected chi connectivity index (χ3v) is 4.74. The van der Waals surface area contributed by atoms with Gasteiger partial charge < -0.3 is 10.0 Å². The van der Waals surface area contributed by atoms with Crippen molar-refractivity contribution in [3.8, 4) is 0 Å². The van der Waals surface area contributed by atoms with Crippen molar-refractivity contribution in [1.29, 1.82) is 0 Å². The van der Waals surface area contributed by atoms with Gasteiger partial charge >= 0.3 is 5.97 Å². The average Bonchev–Trinajstić information content (AvgIpc) is 2.97. The van der Waals surface area contributed by atoms with Gasteiger partial charge in [0.2, 0.25) is 5.91 Å². The number of benzene rings is 2. The minimum Gasteiger partial charge on any atom is -0.478 e. The smallest absolute Gasteiger partial charge is 0.335 e. The van der Waals surface area contributed by atoms with Crippen LogP contribution in [0.3, 0.4) is 0 Å². The summed E-state index contributed by atoms with van der Waals surface area (Å²) in [5.74, 6) is -1.14. The SMILES string of the molecule is CC1CCN(C(=O)Cc2cccc(C(=O)O)c2)C1c1cccc(F)c1. The Balaban J connectivity index is 1.81. The van der Waals surface area contributed by atoms with Gasteiger partial charge in [0.05, 0.1) is 18.0 Å². The molecule has 2 unspecified atom stereocenters. The third kappa shape index (κ3) is 3.71. The topological polar surface area (TPSA) is 57.6 Å². The lowest BCUT2D eigenvalue weighted by Crippen LogP contribution is -2.33. The molecule has 2 aromatic rings. The minimum atomic E-state index is -1.01. The first-order chi connectivity index (χ1) is 12.0. The van der Waals surface area contributed by atoms with Crippen LogP contribution < -0.4 is 0 Å². The maximum Gasteiger partial charge on any atom is 0.335 e. The summed E-state index contributed by atoms with van der Waals surface area (Å²) in [6.45, 7) is 2.69. The van der Waals surface area contributed by atoms with Crippen molar-refractivity contribution in [1.82, 2.24) is 4.90 Å². The van der Waals surface area contributed by atoms with Gasteiger partial charge in [-0.25, -0.2) is 9.18 Å². The van der Waals surface area contributed by atoms with Gasteiger partial charge in [-0.1, -0.05) is 31.2 Å². The molecule has 25 heavy (non-hydrogen) atoms. The number of hydrogen-bond acceptors (Lipinski definition) is 2. The van der Waals surface area contributed by atoms with Gasteiger partial charge in [-0.3, -0.25) is 4.79 Å². The van der Waals surface area contributed by atoms with E-state index in [9.17, 15) is 14.0 Å². The lowest BCUT2D eigenvalue weighted by molar-refractivity contribution is -0.131. The molecule has 1 heterocycles. The van der Waals surface area contributed by atoms with Crippen molar-refractivity contribution in [3.05, 3.63) is 71.0 Å². The molecular formula is C20H20FNO3. The van der Waals surface area contributed by atoms with Gasteiger partial charge in [-0.15, -0.1) is 0 Å². The molecule has 0 saturated carbocycles. The predicted octanol–water partition coefficient (Wildman–Crippen LogP) is 3.68. The summed E-state index contributed by atoms with van der Waals surface area (Å²) in [5, 5.41) is 9.08. The van der Waals surface area contributed by atoms with Crippen molar-refractivity contribution >= 4 is 11.9 Å². The van der Waals surface area contributed by atoms with E-state index in [0.717, 1.165) is 12.0 Å². The van der Waals surface area contributed by atoms with Crippen LogP contribution in [0.2, 0.25) is 0 Å². The van der Waals surface area contributed by atoms with E-state index in [-0.39, 0.29) is 35.7 Å². The molecule has 1 fully saturated rings. The Labute approximate surface area is 145 Å². The highest BCUT2D eigenvalue weighted by atomic mass is 19.1. The molecule has 0 aromatic heterocycles. The standard InChI is InChI=1S/C20H20FNO3/c1-13-8-9-22(19(13)15-5-3-7-17(21)12-15)18(23)11-14-4-2-6-16(10-14)20(24)25/h2-7,10,12-13,19H,8-9,11H2,1H3,(H,24,25). The number of carbonyl (C=O) groups excluding carboxylic acids is 1. The number of carboxylic acid groups (broad SMARTS) is 1. The van der Waals surface area contributed by atoms with Crippen LogP contribution >= 0.6 is 0 Å². The second-order valence-electron chi connectivity index (χ2n) is 6.54. The van der Waals surface area contributed by atoms with Crippen molar-refractivity contribution < 1.29 is 19.1 Å². The highest BCUT2D eigenvalue weighted by Crippen LogP contribution is 2.37. The Morgan fingerprint density at radius 2 is 1.96 bits per heavy atom. The van der Waals surface area contributed by atoms with E-state index in [1.54, 1.807) is 23.1 Å². The molecular weight excluding hydrogens is 321 g/mol. The Hall–Kier alpha value is -2.69. The van der Waals surface area contributed by atoms with Crippen LogP contribution in [-0.4, -0.2) is 28.4 Å². The maximum atomic E-state index is 13.6. The Morgan fingerprint density at radius 1 is 1.20 bits per heavy atom. The number of carbonyl (C=O) groups is 2. The molecule has 1 aliphatic heterocycles. The van der Waals surface area contributed by atoms with Gasteiger partial charge in [0.1, 0.15) is 5.82 Å². The number of amides is 1. The van der Waals surface area contributed by atoms with Crippen molar-refractivity contribution in [3.63, 3.8) is 0 Å². The number of nitrogens with zero attached hydrogens (tertiary/aromatic N) is 1. The second kappa shape index (κ2) is 7.05. The van der Waals surface area contributed by atoms with Gasteiger partial charge in [0.15, 0.2) is 0 Å². The molecule has 0 spiro atoms. The molecule has 4 nitrogen and oxygen atoms in total. The van der Waals surface area contributed by atoms with Crippen LogP contribution in [0, 0.1) is 11.7 Å². The zero-order valence-corrected chi connectivity index (χ0v) is 14.0. The van der Waals surface area contributed by atoms with E-state index in [2.05, 4.69) is 6.92 Å². The summed E-state index contributed by atoms with van der Waals surface area (Å²) >= 11 is 0. The Bertz CT molecular complexity index is 805. The molecule has 1 N–H and O–H groups in total. The summed E-state index contributed by atoms with van der Waals surface area (Å²) < 4.78 is 13.6. The molecule has 1 amide bonds. The minimum absolute atomic E-state index is 0.0684. The number of hydrogen-bond donors (Lipinski definition) is 1. The Morgan fingerprint density at radius 3 is 2.68 bits per heavy atom. The van der Waals surface area contributed by atoms with Crippen LogP contribution in [0.5, 0.6) is 0 Å². The number of halogens is 1. The lowest BCUT2D eigenvalue weighted by atomic mass is 9.95. The number of carboxylic acids is 1. The zero-order valence-electron chi connectivity index (χ0n) is 14.0. The third-order valence-electron chi connectivity index (χ3n) is 4.74. The zero-order chi connectivity index (χ0) is 18.0. The highest BCUT2D eigenvalue weighted by Gasteiger charge is 2.35. The maximum absolute atomic E-state index is 13.6. The first-order valence-electron chi connectivity index (χ1n) is 8.33. The van der Waals surface area contributed by atoms with Crippen molar-refractivity contribution in [2.24, 2.45) is 5.92 Å². The largest absolute Gasteiger partial charge is 0.478 e. The van der Waals surface area contributed by atoms with Gasteiger partial charge in [-0.05, 0) is 47.7 Å². The summed E-state index contributed by atoms with van der Waals surface area (Å²) in [7, 11) is 0. The molecule has 0 aliphatic carbocycles. The van der Waals surface area contributed by atoms with Crippen LogP contribution in [0.4, 0.5) is 4.39 Å². The molecule has 0 bridgehead atoms. The summed E-state index contributed by atoms with van der Waals surface area (Å²) in [4.78, 5) is 25.7. The molecule has 1 aliphatic rings. The van der Waals surface area contributed by atoms with Crippen molar-refractivity contribution in [2.75, 3.05) is 6.54 Å². The highest BCUT2D eigenvalue weighted by molar-refractivity contribution is 5.88. The van der Waals surface area contributed by atoms with E-state index < -0.39 is 5.97 Å². The van der Waals surface area contributed by atoms with E-state index >= 15 is 0 Å². The van der Waals surface area contributed by atoms with Gasteiger partial charge in [0, 0.05) is 6.54 Å². The summed E-state index contributed by atoms with van der Waals surface area (Å²) in [6.07, 6.45) is 1.00. The summed E-state index contributed by atoms with van der Waals surface area (Å²) in [6, 6.07) is 12.7. The second-order valence-corrected chi connectivity index (χ2v) is 6.54. The van der Waals surface area contributed by atoms with E-state index in [1.165, 1.54) is 24.3 Å². The fraction of sp³-hybridized carbons (Fsp3) is 0.300. The molecule has 1 saturated heterocycles. The normalized spacial score (nSPS) is 19.8. The Kier molecular flexibility index (Phi) is 4.83. The van der Waals surface area contributed by atoms with Crippen LogP contribution in [-0.2, 0) is 11.2 Å². The van der Waals surface area contributed by atoms with Crippen LogP contribution in [0.25, 0.3) is 0 Å². The molecule has 130 valence electrons. The molecule has 2 aromatic carbocycles. The first-order valence-corrected chi connectivity index (χ1v) is 8.33. The average molecular weight is 341 g/mol. The number of rotatable bonds is 4. The molecule has 5 heteroatoms. The fourth-order valence-corrected chi connectivity index (χ4v) is 3.52. The fourth-order valence-electron chi connectivity index (χ4n) is 3.52. The number of aromatic carboxylic acids is 1. The van der Waals surface area contributed by atoms with E-state index in [4.69, 9.17) is 5.11 Å². The van der Waals surface area contributed by atoms with E-state index in [0.29, 0.717) is 12.1 Å². The van der Waals surface area contributed by atoms with Gasteiger partial charge in [0.25, 0.3) is 0 Å². The van der Waals surface area contributed by atoms with Crippen LogP contribution in [0.1, 0.15) is 40.9 Å². The summed E-state index contributed by atoms with van der Waals surface area (Å²) in [5.41, 5.74) is 1.64. The number of likely N-dealkylation sites (tertiary alicyclic amines) is 1. The molecule has 0 radical (unpaired) electrons. The predicted molar refractivity (Wildman–Crippen MR) is 91.7 cm³/mol. The first kappa shape index (κ1) is 17.1. The molecule has 2 atom stereocenters.